The Hall–Kier alpha value is -1.58. The highest BCUT2D eigenvalue weighted by molar-refractivity contribution is 6.32. The van der Waals surface area contributed by atoms with Gasteiger partial charge in [-0.25, -0.2) is 4.98 Å². The monoisotopic (exact) mass is 276 g/mol. The first-order valence-electron chi connectivity index (χ1n) is 6.37. The molecule has 1 heterocycles. The van der Waals surface area contributed by atoms with Gasteiger partial charge in [-0.05, 0) is 30.7 Å². The van der Waals surface area contributed by atoms with Gasteiger partial charge in [0.15, 0.2) is 0 Å². The Labute approximate surface area is 118 Å². The van der Waals surface area contributed by atoms with Gasteiger partial charge in [-0.2, -0.15) is 0 Å². The van der Waals surface area contributed by atoms with Crippen LogP contribution in [-0.2, 0) is 6.54 Å². The number of aromatic nitrogens is 1. The van der Waals surface area contributed by atoms with Gasteiger partial charge < -0.3 is 10.1 Å². The Kier molecular flexibility index (Phi) is 5.19. The number of halogens is 1. The summed E-state index contributed by atoms with van der Waals surface area (Å²) in [4.78, 5) is 4.27. The molecule has 1 N–H and O–H groups in total. The zero-order valence-electron chi connectivity index (χ0n) is 10.9. The van der Waals surface area contributed by atoms with Gasteiger partial charge in [-0.1, -0.05) is 36.7 Å². The van der Waals surface area contributed by atoms with Crippen molar-refractivity contribution in [2.75, 3.05) is 6.54 Å². The van der Waals surface area contributed by atoms with E-state index in [-0.39, 0.29) is 0 Å². The Morgan fingerprint density at radius 2 is 2.05 bits per heavy atom. The average molecular weight is 277 g/mol. The molecule has 19 heavy (non-hydrogen) atoms. The number of benzene rings is 1. The number of rotatable bonds is 6. The van der Waals surface area contributed by atoms with Gasteiger partial charge in [0.25, 0.3) is 0 Å². The molecule has 0 amide bonds. The standard InChI is InChI=1S/C15H17ClN2O/c1-2-9-17-10-12-7-8-15(18-11-12)19-14-6-4-3-5-13(14)16/h3-8,11,17H,2,9-10H2,1H3. The molecule has 4 heteroatoms. The van der Waals surface area contributed by atoms with Crippen molar-refractivity contribution in [3.63, 3.8) is 0 Å². The molecule has 0 aliphatic rings. The number of nitrogens with zero attached hydrogens (tertiary/aromatic N) is 1. The molecule has 1 aromatic carbocycles. The molecule has 0 bridgehead atoms. The molecule has 1 aromatic heterocycles. The van der Waals surface area contributed by atoms with E-state index in [0.717, 1.165) is 25.1 Å². The summed E-state index contributed by atoms with van der Waals surface area (Å²) in [5.41, 5.74) is 1.14. The predicted molar refractivity (Wildman–Crippen MR) is 77.8 cm³/mol. The third kappa shape index (κ3) is 4.23. The summed E-state index contributed by atoms with van der Waals surface area (Å²) < 4.78 is 5.63. The van der Waals surface area contributed by atoms with E-state index in [2.05, 4.69) is 17.2 Å². The lowest BCUT2D eigenvalue weighted by Crippen LogP contribution is -2.13. The van der Waals surface area contributed by atoms with Crippen molar-refractivity contribution in [3.05, 3.63) is 53.2 Å². The van der Waals surface area contributed by atoms with Crippen LogP contribution in [0.15, 0.2) is 42.6 Å². The second-order valence-corrected chi connectivity index (χ2v) is 4.62. The Morgan fingerprint density at radius 1 is 1.21 bits per heavy atom. The Morgan fingerprint density at radius 3 is 2.74 bits per heavy atom. The van der Waals surface area contributed by atoms with E-state index < -0.39 is 0 Å². The molecular formula is C15H17ClN2O. The second kappa shape index (κ2) is 7.12. The molecule has 0 fully saturated rings. The maximum Gasteiger partial charge on any atom is 0.219 e. The fraction of sp³-hybridized carbons (Fsp3) is 0.267. The summed E-state index contributed by atoms with van der Waals surface area (Å²) in [5.74, 6) is 1.17. The van der Waals surface area contributed by atoms with E-state index in [1.54, 1.807) is 6.07 Å². The Bertz CT molecular complexity index is 514. The van der Waals surface area contributed by atoms with Gasteiger partial charge >= 0.3 is 0 Å². The van der Waals surface area contributed by atoms with E-state index in [4.69, 9.17) is 16.3 Å². The molecule has 3 nitrogen and oxygen atoms in total. The largest absolute Gasteiger partial charge is 0.437 e. The van der Waals surface area contributed by atoms with Crippen molar-refractivity contribution >= 4 is 11.6 Å². The van der Waals surface area contributed by atoms with E-state index in [1.165, 1.54) is 0 Å². The third-order valence-corrected chi connectivity index (χ3v) is 2.92. The zero-order chi connectivity index (χ0) is 13.5. The van der Waals surface area contributed by atoms with Gasteiger partial charge in [0.2, 0.25) is 5.88 Å². The first-order valence-corrected chi connectivity index (χ1v) is 6.75. The summed E-state index contributed by atoms with van der Waals surface area (Å²) in [6.45, 7) is 3.98. The smallest absolute Gasteiger partial charge is 0.219 e. The molecule has 0 saturated carbocycles. The average Bonchev–Trinajstić information content (AvgIpc) is 2.44. The molecule has 0 aliphatic carbocycles. The van der Waals surface area contributed by atoms with Crippen molar-refractivity contribution < 1.29 is 4.74 Å². The third-order valence-electron chi connectivity index (χ3n) is 2.60. The predicted octanol–water partition coefficient (Wildman–Crippen LogP) is 4.03. The van der Waals surface area contributed by atoms with E-state index in [0.29, 0.717) is 16.7 Å². The fourth-order valence-electron chi connectivity index (χ4n) is 1.63. The summed E-state index contributed by atoms with van der Waals surface area (Å²) in [6, 6.07) is 11.2. The van der Waals surface area contributed by atoms with Crippen LogP contribution in [-0.4, -0.2) is 11.5 Å². The highest BCUT2D eigenvalue weighted by atomic mass is 35.5. The van der Waals surface area contributed by atoms with E-state index in [9.17, 15) is 0 Å². The van der Waals surface area contributed by atoms with Crippen molar-refractivity contribution in [1.82, 2.24) is 10.3 Å². The highest BCUT2D eigenvalue weighted by Gasteiger charge is 2.02. The van der Waals surface area contributed by atoms with Crippen molar-refractivity contribution in [2.45, 2.75) is 19.9 Å². The maximum absolute atomic E-state index is 6.03. The Balaban J connectivity index is 1.97. The molecule has 0 aliphatic heterocycles. The lowest BCUT2D eigenvalue weighted by Gasteiger charge is -2.07. The van der Waals surface area contributed by atoms with Gasteiger partial charge in [0.1, 0.15) is 5.75 Å². The summed E-state index contributed by atoms with van der Waals surface area (Å²) >= 11 is 6.03. The van der Waals surface area contributed by atoms with Crippen LogP contribution in [0, 0.1) is 0 Å². The van der Waals surface area contributed by atoms with Gasteiger partial charge in [-0.15, -0.1) is 0 Å². The first kappa shape index (κ1) is 13.8. The van der Waals surface area contributed by atoms with Crippen molar-refractivity contribution in [3.8, 4) is 11.6 Å². The topological polar surface area (TPSA) is 34.1 Å². The molecule has 0 saturated heterocycles. The summed E-state index contributed by atoms with van der Waals surface area (Å²) in [6.07, 6.45) is 2.94. The second-order valence-electron chi connectivity index (χ2n) is 4.21. The van der Waals surface area contributed by atoms with Crippen LogP contribution in [0.4, 0.5) is 0 Å². The fourth-order valence-corrected chi connectivity index (χ4v) is 1.80. The number of ether oxygens (including phenoxy) is 1. The lowest BCUT2D eigenvalue weighted by atomic mass is 10.3. The minimum absolute atomic E-state index is 0.548. The molecular weight excluding hydrogens is 260 g/mol. The minimum Gasteiger partial charge on any atom is -0.437 e. The van der Waals surface area contributed by atoms with Crippen LogP contribution < -0.4 is 10.1 Å². The molecule has 0 spiro atoms. The normalized spacial score (nSPS) is 10.4. The number of pyridine rings is 1. The van der Waals surface area contributed by atoms with Crippen LogP contribution in [0.2, 0.25) is 5.02 Å². The zero-order valence-corrected chi connectivity index (χ0v) is 11.7. The summed E-state index contributed by atoms with van der Waals surface area (Å²) in [7, 11) is 0. The molecule has 2 aromatic rings. The first-order chi connectivity index (χ1) is 9.29. The van der Waals surface area contributed by atoms with Gasteiger partial charge in [-0.3, -0.25) is 0 Å². The number of hydrogen-bond acceptors (Lipinski definition) is 3. The number of hydrogen-bond donors (Lipinski definition) is 1. The highest BCUT2D eigenvalue weighted by Crippen LogP contribution is 2.27. The van der Waals surface area contributed by atoms with Crippen LogP contribution in [0.3, 0.4) is 0 Å². The van der Waals surface area contributed by atoms with E-state index >= 15 is 0 Å². The minimum atomic E-state index is 0.548. The van der Waals surface area contributed by atoms with Crippen LogP contribution in [0.1, 0.15) is 18.9 Å². The number of nitrogens with one attached hydrogen (secondary N) is 1. The molecule has 2 rings (SSSR count). The van der Waals surface area contributed by atoms with Gasteiger partial charge in [0, 0.05) is 18.8 Å². The maximum atomic E-state index is 6.03. The lowest BCUT2D eigenvalue weighted by molar-refractivity contribution is 0.462. The van der Waals surface area contributed by atoms with Crippen LogP contribution >= 0.6 is 11.6 Å². The van der Waals surface area contributed by atoms with Gasteiger partial charge in [0.05, 0.1) is 5.02 Å². The van der Waals surface area contributed by atoms with Crippen LogP contribution in [0.5, 0.6) is 11.6 Å². The molecule has 0 unspecified atom stereocenters. The quantitative estimate of drug-likeness (QED) is 0.809. The van der Waals surface area contributed by atoms with Crippen molar-refractivity contribution in [2.24, 2.45) is 0 Å². The SMILES string of the molecule is CCCNCc1ccc(Oc2ccccc2Cl)nc1. The van der Waals surface area contributed by atoms with Crippen LogP contribution in [0.25, 0.3) is 0 Å². The number of para-hydroxylation sites is 1. The summed E-state index contributed by atoms with van der Waals surface area (Å²) in [5, 5.41) is 3.91. The van der Waals surface area contributed by atoms with E-state index in [1.807, 2.05) is 36.5 Å². The molecule has 0 atom stereocenters. The molecule has 0 radical (unpaired) electrons. The molecule has 100 valence electrons. The van der Waals surface area contributed by atoms with Crippen molar-refractivity contribution in [1.29, 1.82) is 0 Å².